The SMILES string of the molecule is CC1Oc2cc(NC(=O)/C=C/c3ccccc3)ccc2N(C)C1=O. The van der Waals surface area contributed by atoms with Crippen LogP contribution in [0.1, 0.15) is 12.5 Å². The smallest absolute Gasteiger partial charge is 0.267 e. The molecule has 0 saturated heterocycles. The minimum atomic E-state index is -0.536. The molecule has 0 spiro atoms. The van der Waals surface area contributed by atoms with Crippen molar-refractivity contribution in [3.63, 3.8) is 0 Å². The largest absolute Gasteiger partial charge is 0.479 e. The minimum absolute atomic E-state index is 0.0925. The molecule has 1 heterocycles. The van der Waals surface area contributed by atoms with E-state index in [1.807, 2.05) is 30.3 Å². The summed E-state index contributed by atoms with van der Waals surface area (Å²) in [5.41, 5.74) is 2.26. The zero-order valence-electron chi connectivity index (χ0n) is 13.5. The number of fused-ring (bicyclic) bond motifs is 1. The second-order valence-corrected chi connectivity index (χ2v) is 5.57. The maximum atomic E-state index is 12.0. The van der Waals surface area contributed by atoms with Crippen molar-refractivity contribution in [3.05, 3.63) is 60.2 Å². The number of anilines is 2. The van der Waals surface area contributed by atoms with Crippen LogP contribution in [0.5, 0.6) is 5.75 Å². The van der Waals surface area contributed by atoms with Crippen LogP contribution in [0, 0.1) is 0 Å². The zero-order valence-corrected chi connectivity index (χ0v) is 13.5. The third-order valence-corrected chi connectivity index (χ3v) is 3.80. The highest BCUT2D eigenvalue weighted by Crippen LogP contribution is 2.35. The Balaban J connectivity index is 1.72. The fourth-order valence-electron chi connectivity index (χ4n) is 2.52. The van der Waals surface area contributed by atoms with E-state index < -0.39 is 6.10 Å². The zero-order chi connectivity index (χ0) is 17.1. The standard InChI is InChI=1S/C19H18N2O3/c1-13-19(23)21(2)16-10-9-15(12-17(16)24-13)20-18(22)11-8-14-6-4-3-5-7-14/h3-13H,1-2H3,(H,20,22)/b11-8+. The Labute approximate surface area is 140 Å². The molecular weight excluding hydrogens is 304 g/mol. The molecule has 0 aromatic heterocycles. The Morgan fingerprint density at radius 2 is 1.96 bits per heavy atom. The van der Waals surface area contributed by atoms with Crippen LogP contribution in [0.4, 0.5) is 11.4 Å². The van der Waals surface area contributed by atoms with E-state index in [-0.39, 0.29) is 11.8 Å². The summed E-state index contributed by atoms with van der Waals surface area (Å²) in [4.78, 5) is 25.5. The van der Waals surface area contributed by atoms with Crippen LogP contribution < -0.4 is 15.0 Å². The summed E-state index contributed by atoms with van der Waals surface area (Å²) >= 11 is 0. The lowest BCUT2D eigenvalue weighted by Gasteiger charge is -2.30. The van der Waals surface area contributed by atoms with Crippen LogP contribution in [0.25, 0.3) is 6.08 Å². The van der Waals surface area contributed by atoms with Gasteiger partial charge in [-0.1, -0.05) is 30.3 Å². The number of carbonyl (C=O) groups excluding carboxylic acids is 2. The third-order valence-electron chi connectivity index (χ3n) is 3.80. The molecule has 0 bridgehead atoms. The van der Waals surface area contributed by atoms with E-state index in [1.165, 1.54) is 6.08 Å². The van der Waals surface area contributed by atoms with Crippen LogP contribution in [-0.2, 0) is 9.59 Å². The average molecular weight is 322 g/mol. The number of hydrogen-bond donors (Lipinski definition) is 1. The maximum absolute atomic E-state index is 12.0. The summed E-state index contributed by atoms with van der Waals surface area (Å²) in [5, 5.41) is 2.79. The molecule has 0 radical (unpaired) electrons. The number of benzene rings is 2. The fraction of sp³-hybridized carbons (Fsp3) is 0.158. The predicted molar refractivity (Wildman–Crippen MR) is 94.0 cm³/mol. The molecule has 3 rings (SSSR count). The van der Waals surface area contributed by atoms with Crippen molar-refractivity contribution in [2.45, 2.75) is 13.0 Å². The lowest BCUT2D eigenvalue weighted by atomic mass is 10.2. The molecule has 5 nitrogen and oxygen atoms in total. The number of carbonyl (C=O) groups is 2. The molecule has 5 heteroatoms. The number of nitrogens with one attached hydrogen (secondary N) is 1. The summed E-state index contributed by atoms with van der Waals surface area (Å²) in [7, 11) is 1.71. The highest BCUT2D eigenvalue weighted by molar-refractivity contribution is 6.03. The lowest BCUT2D eigenvalue weighted by molar-refractivity contribution is -0.125. The van der Waals surface area contributed by atoms with Gasteiger partial charge < -0.3 is 15.0 Å². The first-order valence-electron chi connectivity index (χ1n) is 7.67. The lowest BCUT2D eigenvalue weighted by Crippen LogP contribution is -2.41. The number of rotatable bonds is 3. The molecular formula is C19H18N2O3. The van der Waals surface area contributed by atoms with Crippen LogP contribution >= 0.6 is 0 Å². The van der Waals surface area contributed by atoms with Gasteiger partial charge in [-0.05, 0) is 30.7 Å². The molecule has 0 saturated carbocycles. The Bertz CT molecular complexity index is 800. The third kappa shape index (κ3) is 3.30. The van der Waals surface area contributed by atoms with E-state index in [0.717, 1.165) is 5.56 Å². The number of amides is 2. The first-order chi connectivity index (χ1) is 11.5. The van der Waals surface area contributed by atoms with E-state index in [0.29, 0.717) is 17.1 Å². The highest BCUT2D eigenvalue weighted by atomic mass is 16.5. The Morgan fingerprint density at radius 1 is 1.21 bits per heavy atom. The Kier molecular flexibility index (Phi) is 4.33. The van der Waals surface area contributed by atoms with E-state index in [1.54, 1.807) is 43.1 Å². The van der Waals surface area contributed by atoms with Crippen LogP contribution in [0.15, 0.2) is 54.6 Å². The van der Waals surface area contributed by atoms with Gasteiger partial charge in [0.2, 0.25) is 5.91 Å². The predicted octanol–water partition coefficient (Wildman–Crippen LogP) is 3.08. The van der Waals surface area contributed by atoms with Gasteiger partial charge in [-0.25, -0.2) is 0 Å². The maximum Gasteiger partial charge on any atom is 0.267 e. The number of likely N-dealkylation sites (N-methyl/N-ethyl adjacent to an activating group) is 1. The van der Waals surface area contributed by atoms with Crippen molar-refractivity contribution >= 4 is 29.3 Å². The molecule has 1 atom stereocenters. The summed E-state index contributed by atoms with van der Waals surface area (Å²) in [5.74, 6) is 0.256. The van der Waals surface area contributed by atoms with Crippen LogP contribution in [-0.4, -0.2) is 25.0 Å². The molecule has 2 aromatic carbocycles. The number of hydrogen-bond acceptors (Lipinski definition) is 3. The second kappa shape index (κ2) is 6.58. The quantitative estimate of drug-likeness (QED) is 0.884. The Morgan fingerprint density at radius 3 is 2.71 bits per heavy atom. The molecule has 1 aliphatic rings. The highest BCUT2D eigenvalue weighted by Gasteiger charge is 2.28. The van der Waals surface area contributed by atoms with E-state index in [2.05, 4.69) is 5.32 Å². The first-order valence-corrected chi connectivity index (χ1v) is 7.67. The molecule has 1 unspecified atom stereocenters. The molecule has 2 aromatic rings. The molecule has 0 aliphatic carbocycles. The molecule has 1 N–H and O–H groups in total. The van der Waals surface area contributed by atoms with Gasteiger partial charge in [0.1, 0.15) is 5.75 Å². The van der Waals surface area contributed by atoms with Crippen molar-refractivity contribution in [1.82, 2.24) is 0 Å². The van der Waals surface area contributed by atoms with E-state index in [9.17, 15) is 9.59 Å². The topological polar surface area (TPSA) is 58.6 Å². The minimum Gasteiger partial charge on any atom is -0.479 e. The average Bonchev–Trinajstić information content (AvgIpc) is 2.59. The number of ether oxygens (including phenoxy) is 1. The first kappa shape index (κ1) is 15.8. The van der Waals surface area contributed by atoms with Gasteiger partial charge in [-0.2, -0.15) is 0 Å². The van der Waals surface area contributed by atoms with Gasteiger partial charge in [0.05, 0.1) is 5.69 Å². The van der Waals surface area contributed by atoms with Gasteiger partial charge >= 0.3 is 0 Å². The van der Waals surface area contributed by atoms with Crippen molar-refractivity contribution in [2.75, 3.05) is 17.3 Å². The molecule has 122 valence electrons. The summed E-state index contributed by atoms with van der Waals surface area (Å²) in [6, 6.07) is 14.8. The Hall–Kier alpha value is -3.08. The van der Waals surface area contributed by atoms with Crippen LogP contribution in [0.3, 0.4) is 0 Å². The van der Waals surface area contributed by atoms with Gasteiger partial charge in [0, 0.05) is 24.9 Å². The normalized spacial score (nSPS) is 16.7. The van der Waals surface area contributed by atoms with Gasteiger partial charge in [0.15, 0.2) is 6.10 Å². The molecule has 24 heavy (non-hydrogen) atoms. The van der Waals surface area contributed by atoms with E-state index >= 15 is 0 Å². The van der Waals surface area contributed by atoms with Crippen molar-refractivity contribution in [2.24, 2.45) is 0 Å². The van der Waals surface area contributed by atoms with Gasteiger partial charge in [-0.15, -0.1) is 0 Å². The van der Waals surface area contributed by atoms with Crippen molar-refractivity contribution in [1.29, 1.82) is 0 Å². The van der Waals surface area contributed by atoms with Crippen molar-refractivity contribution in [3.8, 4) is 5.75 Å². The summed E-state index contributed by atoms with van der Waals surface area (Å²) in [6.07, 6.45) is 2.69. The van der Waals surface area contributed by atoms with Gasteiger partial charge in [0.25, 0.3) is 5.91 Å². The molecule has 2 amide bonds. The van der Waals surface area contributed by atoms with E-state index in [4.69, 9.17) is 4.74 Å². The van der Waals surface area contributed by atoms with Crippen molar-refractivity contribution < 1.29 is 14.3 Å². The number of nitrogens with zero attached hydrogens (tertiary/aromatic N) is 1. The second-order valence-electron chi connectivity index (χ2n) is 5.57. The summed E-state index contributed by atoms with van der Waals surface area (Å²) in [6.45, 7) is 1.70. The van der Waals surface area contributed by atoms with Crippen LogP contribution in [0.2, 0.25) is 0 Å². The van der Waals surface area contributed by atoms with Gasteiger partial charge in [-0.3, -0.25) is 9.59 Å². The monoisotopic (exact) mass is 322 g/mol. The fourth-order valence-corrected chi connectivity index (χ4v) is 2.52. The summed E-state index contributed by atoms with van der Waals surface area (Å²) < 4.78 is 5.61. The molecule has 0 fully saturated rings. The molecule has 1 aliphatic heterocycles.